The summed E-state index contributed by atoms with van der Waals surface area (Å²) in [5, 5.41) is 0. The Balaban J connectivity index is 1.89. The molecule has 0 radical (unpaired) electrons. The number of nitrogens with zero attached hydrogens (tertiary/aromatic N) is 2. The van der Waals surface area contributed by atoms with E-state index >= 15 is 0 Å². The molecule has 0 atom stereocenters. The molecule has 2 rings (SSSR count). The Bertz CT molecular complexity index is 453. The summed E-state index contributed by atoms with van der Waals surface area (Å²) in [6, 6.07) is 5.93. The summed E-state index contributed by atoms with van der Waals surface area (Å²) < 4.78 is 0. The lowest BCUT2D eigenvalue weighted by Crippen LogP contribution is -2.35. The smallest absolute Gasteiger partial charge is 0.225 e. The monoisotopic (exact) mass is 275 g/mol. The number of hydrogen-bond acceptors (Lipinski definition) is 3. The number of carbonyl (C=O) groups excluding carboxylic acids is 1. The van der Waals surface area contributed by atoms with Crippen LogP contribution in [0.15, 0.2) is 18.2 Å². The summed E-state index contributed by atoms with van der Waals surface area (Å²) in [6.07, 6.45) is 4.13. The summed E-state index contributed by atoms with van der Waals surface area (Å²) in [5.41, 5.74) is 7.64. The number of aromatic nitrogens is 1. The molecule has 0 aliphatic heterocycles. The van der Waals surface area contributed by atoms with Crippen LogP contribution in [0.5, 0.6) is 0 Å². The number of amides is 1. The first kappa shape index (κ1) is 15.0. The van der Waals surface area contributed by atoms with Crippen molar-refractivity contribution in [2.24, 2.45) is 17.6 Å². The predicted molar refractivity (Wildman–Crippen MR) is 80.0 cm³/mol. The third kappa shape index (κ3) is 3.79. The molecule has 1 fully saturated rings. The largest absolute Gasteiger partial charge is 0.340 e. The second kappa shape index (κ2) is 6.84. The van der Waals surface area contributed by atoms with Crippen LogP contribution >= 0.6 is 0 Å². The van der Waals surface area contributed by atoms with E-state index in [0.717, 1.165) is 43.6 Å². The number of rotatable bonds is 4. The normalized spacial score (nSPS) is 22.6. The van der Waals surface area contributed by atoms with Crippen molar-refractivity contribution in [1.29, 1.82) is 0 Å². The summed E-state index contributed by atoms with van der Waals surface area (Å²) >= 11 is 0. The van der Waals surface area contributed by atoms with Crippen LogP contribution in [0.4, 0.5) is 0 Å². The van der Waals surface area contributed by atoms with Crippen LogP contribution in [0.3, 0.4) is 0 Å². The lowest BCUT2D eigenvalue weighted by Gasteiger charge is -2.29. The quantitative estimate of drug-likeness (QED) is 0.915. The van der Waals surface area contributed by atoms with E-state index in [1.54, 1.807) is 0 Å². The average molecular weight is 275 g/mol. The highest BCUT2D eigenvalue weighted by Gasteiger charge is 2.27. The summed E-state index contributed by atoms with van der Waals surface area (Å²) in [7, 11) is 1.88. The number of aryl methyl sites for hydroxylation is 1. The van der Waals surface area contributed by atoms with Gasteiger partial charge < -0.3 is 10.6 Å². The molecular formula is C16H25N3O. The molecule has 4 nitrogen and oxygen atoms in total. The van der Waals surface area contributed by atoms with Crippen molar-refractivity contribution in [3.63, 3.8) is 0 Å². The molecule has 20 heavy (non-hydrogen) atoms. The van der Waals surface area contributed by atoms with E-state index in [0.29, 0.717) is 12.5 Å². The minimum absolute atomic E-state index is 0.174. The van der Waals surface area contributed by atoms with Crippen molar-refractivity contribution < 1.29 is 4.79 Å². The summed E-state index contributed by atoms with van der Waals surface area (Å²) in [4.78, 5) is 18.7. The second-order valence-electron chi connectivity index (χ2n) is 5.92. The van der Waals surface area contributed by atoms with Crippen molar-refractivity contribution in [1.82, 2.24) is 9.88 Å². The van der Waals surface area contributed by atoms with Gasteiger partial charge >= 0.3 is 0 Å². The van der Waals surface area contributed by atoms with Crippen LogP contribution in [0.25, 0.3) is 0 Å². The first-order valence-corrected chi connectivity index (χ1v) is 7.47. The van der Waals surface area contributed by atoms with E-state index in [1.165, 1.54) is 0 Å². The van der Waals surface area contributed by atoms with Crippen molar-refractivity contribution in [3.8, 4) is 0 Å². The van der Waals surface area contributed by atoms with Crippen LogP contribution in [-0.4, -0.2) is 29.4 Å². The topological polar surface area (TPSA) is 59.2 Å². The molecule has 110 valence electrons. The van der Waals surface area contributed by atoms with Crippen molar-refractivity contribution in [3.05, 3.63) is 29.6 Å². The Morgan fingerprint density at radius 2 is 2.05 bits per heavy atom. The van der Waals surface area contributed by atoms with Crippen LogP contribution in [0.2, 0.25) is 0 Å². The van der Waals surface area contributed by atoms with Gasteiger partial charge in [0.15, 0.2) is 0 Å². The third-order valence-corrected chi connectivity index (χ3v) is 4.25. The fraction of sp³-hybridized carbons (Fsp3) is 0.625. The maximum absolute atomic E-state index is 12.4. The van der Waals surface area contributed by atoms with E-state index in [-0.39, 0.29) is 11.8 Å². The Kier molecular flexibility index (Phi) is 5.12. The van der Waals surface area contributed by atoms with Gasteiger partial charge in [0.25, 0.3) is 0 Å². The van der Waals surface area contributed by atoms with Crippen LogP contribution < -0.4 is 5.73 Å². The number of carbonyl (C=O) groups is 1. The molecule has 1 aliphatic carbocycles. The highest BCUT2D eigenvalue weighted by Crippen LogP contribution is 2.29. The summed E-state index contributed by atoms with van der Waals surface area (Å²) in [5.74, 6) is 1.04. The fourth-order valence-electron chi connectivity index (χ4n) is 2.97. The molecule has 1 aromatic rings. The van der Waals surface area contributed by atoms with E-state index in [2.05, 4.69) is 4.98 Å². The molecule has 2 N–H and O–H groups in total. The fourth-order valence-corrected chi connectivity index (χ4v) is 2.97. The molecule has 1 amide bonds. The molecule has 0 saturated heterocycles. The first-order valence-electron chi connectivity index (χ1n) is 7.47. The Morgan fingerprint density at radius 1 is 1.35 bits per heavy atom. The first-order chi connectivity index (χ1) is 9.60. The second-order valence-corrected chi connectivity index (χ2v) is 5.92. The molecule has 1 aliphatic rings. The number of hydrogen-bond donors (Lipinski definition) is 1. The Hall–Kier alpha value is -1.42. The molecule has 0 unspecified atom stereocenters. The Morgan fingerprint density at radius 3 is 2.65 bits per heavy atom. The highest BCUT2D eigenvalue weighted by atomic mass is 16.2. The van der Waals surface area contributed by atoms with Crippen LogP contribution in [0.1, 0.15) is 37.1 Å². The molecule has 0 spiro atoms. The van der Waals surface area contributed by atoms with E-state index in [4.69, 9.17) is 5.73 Å². The lowest BCUT2D eigenvalue weighted by molar-refractivity contribution is -0.136. The molecule has 0 bridgehead atoms. The SMILES string of the molecule is Cc1cccc(CN(C)C(=O)C2CCC(CN)CC2)n1. The molecule has 1 heterocycles. The van der Waals surface area contributed by atoms with Gasteiger partial charge in [-0.05, 0) is 57.2 Å². The van der Waals surface area contributed by atoms with Gasteiger partial charge in [-0.25, -0.2) is 0 Å². The maximum Gasteiger partial charge on any atom is 0.225 e. The minimum Gasteiger partial charge on any atom is -0.340 e. The highest BCUT2D eigenvalue weighted by molar-refractivity contribution is 5.78. The van der Waals surface area contributed by atoms with Gasteiger partial charge in [-0.1, -0.05) is 6.07 Å². The molecular weight excluding hydrogens is 250 g/mol. The zero-order valence-corrected chi connectivity index (χ0v) is 12.5. The van der Waals surface area contributed by atoms with Crippen molar-refractivity contribution >= 4 is 5.91 Å². The van der Waals surface area contributed by atoms with Gasteiger partial charge in [0.2, 0.25) is 5.91 Å². The van der Waals surface area contributed by atoms with Gasteiger partial charge in [0, 0.05) is 18.7 Å². The standard InChI is InChI=1S/C16H25N3O/c1-12-4-3-5-15(18-12)11-19(2)16(20)14-8-6-13(10-17)7-9-14/h3-5,13-14H,6-11,17H2,1-2H3. The maximum atomic E-state index is 12.4. The number of pyridine rings is 1. The van der Waals surface area contributed by atoms with E-state index in [1.807, 2.05) is 37.1 Å². The van der Waals surface area contributed by atoms with Gasteiger partial charge in [-0.15, -0.1) is 0 Å². The van der Waals surface area contributed by atoms with Gasteiger partial charge in [0.1, 0.15) is 0 Å². The molecule has 0 aromatic carbocycles. The average Bonchev–Trinajstić information content (AvgIpc) is 2.46. The van der Waals surface area contributed by atoms with Crippen LogP contribution in [-0.2, 0) is 11.3 Å². The van der Waals surface area contributed by atoms with E-state index < -0.39 is 0 Å². The lowest BCUT2D eigenvalue weighted by atomic mass is 9.81. The minimum atomic E-state index is 0.174. The molecule has 4 heteroatoms. The Labute approximate surface area is 121 Å². The van der Waals surface area contributed by atoms with Gasteiger partial charge in [0.05, 0.1) is 12.2 Å². The third-order valence-electron chi connectivity index (χ3n) is 4.25. The number of nitrogens with two attached hydrogens (primary N) is 1. The molecule has 1 aromatic heterocycles. The zero-order chi connectivity index (χ0) is 14.5. The van der Waals surface area contributed by atoms with Crippen molar-refractivity contribution in [2.75, 3.05) is 13.6 Å². The molecule has 1 saturated carbocycles. The van der Waals surface area contributed by atoms with Crippen molar-refractivity contribution in [2.45, 2.75) is 39.2 Å². The predicted octanol–water partition coefficient (Wildman–Crippen LogP) is 2.11. The summed E-state index contributed by atoms with van der Waals surface area (Å²) in [6.45, 7) is 3.32. The zero-order valence-electron chi connectivity index (χ0n) is 12.5. The van der Waals surface area contributed by atoms with Gasteiger partial charge in [-0.2, -0.15) is 0 Å². The van der Waals surface area contributed by atoms with Crippen LogP contribution in [0, 0.1) is 18.8 Å². The van der Waals surface area contributed by atoms with E-state index in [9.17, 15) is 4.79 Å². The van der Waals surface area contributed by atoms with Gasteiger partial charge in [-0.3, -0.25) is 9.78 Å².